The second-order valence-electron chi connectivity index (χ2n) is 7.85. The SMILES string of the molecule is CC1C(N)CCC(CN(C)CC2CCCOC2)C1(C)C. The molecule has 1 heterocycles. The first-order chi connectivity index (χ1) is 9.41. The topological polar surface area (TPSA) is 38.5 Å². The number of ether oxygens (including phenoxy) is 1. The molecule has 0 aromatic carbocycles. The van der Waals surface area contributed by atoms with Crippen LogP contribution in [0.3, 0.4) is 0 Å². The summed E-state index contributed by atoms with van der Waals surface area (Å²) in [5, 5.41) is 0. The summed E-state index contributed by atoms with van der Waals surface area (Å²) in [6.07, 6.45) is 5.04. The van der Waals surface area contributed by atoms with Crippen LogP contribution in [-0.4, -0.2) is 44.3 Å². The molecule has 0 radical (unpaired) electrons. The fraction of sp³-hybridized carbons (Fsp3) is 1.00. The Labute approximate surface area is 125 Å². The van der Waals surface area contributed by atoms with Crippen molar-refractivity contribution in [1.82, 2.24) is 4.90 Å². The van der Waals surface area contributed by atoms with Crippen molar-refractivity contribution in [3.63, 3.8) is 0 Å². The molecule has 0 aromatic rings. The van der Waals surface area contributed by atoms with Gasteiger partial charge in [-0.1, -0.05) is 20.8 Å². The van der Waals surface area contributed by atoms with E-state index in [-0.39, 0.29) is 0 Å². The highest BCUT2D eigenvalue weighted by Crippen LogP contribution is 2.44. The molecule has 1 saturated carbocycles. The number of nitrogens with zero attached hydrogens (tertiary/aromatic N) is 1. The third kappa shape index (κ3) is 3.75. The summed E-state index contributed by atoms with van der Waals surface area (Å²) < 4.78 is 5.60. The molecule has 3 heteroatoms. The third-order valence-corrected chi connectivity index (χ3v) is 6.07. The van der Waals surface area contributed by atoms with E-state index in [2.05, 4.69) is 32.7 Å². The fourth-order valence-electron chi connectivity index (χ4n) is 4.11. The standard InChI is InChI=1S/C17H34N2O/c1-13-16(18)8-7-15(17(13,2)3)11-19(4)10-14-6-5-9-20-12-14/h13-16H,5-12,18H2,1-4H3. The lowest BCUT2D eigenvalue weighted by molar-refractivity contribution is 0.0139. The summed E-state index contributed by atoms with van der Waals surface area (Å²) in [5.74, 6) is 2.12. The number of nitrogens with two attached hydrogens (primary N) is 1. The van der Waals surface area contributed by atoms with Crippen LogP contribution >= 0.6 is 0 Å². The van der Waals surface area contributed by atoms with E-state index >= 15 is 0 Å². The van der Waals surface area contributed by atoms with Gasteiger partial charge in [-0.25, -0.2) is 0 Å². The minimum absolute atomic E-state index is 0.356. The van der Waals surface area contributed by atoms with Crippen LogP contribution in [0.4, 0.5) is 0 Å². The van der Waals surface area contributed by atoms with Gasteiger partial charge in [0, 0.05) is 25.7 Å². The Bertz CT molecular complexity index is 299. The predicted octanol–water partition coefficient (Wildman–Crippen LogP) is 2.74. The number of hydrogen-bond donors (Lipinski definition) is 1. The summed E-state index contributed by atoms with van der Waals surface area (Å²) >= 11 is 0. The Balaban J connectivity index is 1.85. The lowest BCUT2D eigenvalue weighted by Crippen LogP contribution is -2.50. The second-order valence-corrected chi connectivity index (χ2v) is 7.85. The molecule has 2 rings (SSSR count). The van der Waals surface area contributed by atoms with Gasteiger partial charge >= 0.3 is 0 Å². The molecule has 2 aliphatic rings. The first kappa shape index (κ1) is 16.3. The summed E-state index contributed by atoms with van der Waals surface area (Å²) in [4.78, 5) is 2.54. The molecule has 0 spiro atoms. The molecule has 4 atom stereocenters. The molecule has 1 aliphatic heterocycles. The molecule has 1 saturated heterocycles. The zero-order valence-corrected chi connectivity index (χ0v) is 13.9. The van der Waals surface area contributed by atoms with E-state index in [1.54, 1.807) is 0 Å². The van der Waals surface area contributed by atoms with Gasteiger partial charge in [-0.15, -0.1) is 0 Å². The molecule has 4 unspecified atom stereocenters. The first-order valence-corrected chi connectivity index (χ1v) is 8.43. The Hall–Kier alpha value is -0.120. The minimum atomic E-state index is 0.356. The molecule has 3 nitrogen and oxygen atoms in total. The lowest BCUT2D eigenvalue weighted by atomic mass is 9.61. The van der Waals surface area contributed by atoms with Crippen molar-refractivity contribution in [3.8, 4) is 0 Å². The smallest absolute Gasteiger partial charge is 0.0506 e. The second kappa shape index (κ2) is 6.76. The highest BCUT2D eigenvalue weighted by Gasteiger charge is 2.41. The quantitative estimate of drug-likeness (QED) is 0.861. The van der Waals surface area contributed by atoms with Crippen LogP contribution < -0.4 is 5.73 Å². The van der Waals surface area contributed by atoms with Gasteiger partial charge in [-0.2, -0.15) is 0 Å². The number of hydrogen-bond acceptors (Lipinski definition) is 3. The summed E-state index contributed by atoms with van der Waals surface area (Å²) in [6, 6.07) is 0.387. The normalized spacial score (nSPS) is 38.1. The van der Waals surface area contributed by atoms with Gasteiger partial charge in [0.05, 0.1) is 6.61 Å². The molecule has 118 valence electrons. The molecular weight excluding hydrogens is 248 g/mol. The molecule has 0 amide bonds. The van der Waals surface area contributed by atoms with E-state index in [1.165, 1.54) is 38.8 Å². The highest BCUT2D eigenvalue weighted by molar-refractivity contribution is 4.94. The molecular formula is C17H34N2O. The minimum Gasteiger partial charge on any atom is -0.381 e. The van der Waals surface area contributed by atoms with Crippen molar-refractivity contribution >= 4 is 0 Å². The van der Waals surface area contributed by atoms with Crippen LogP contribution in [0.5, 0.6) is 0 Å². The molecule has 20 heavy (non-hydrogen) atoms. The van der Waals surface area contributed by atoms with Crippen molar-refractivity contribution in [2.24, 2.45) is 28.9 Å². The van der Waals surface area contributed by atoms with Gasteiger partial charge in [-0.3, -0.25) is 0 Å². The summed E-state index contributed by atoms with van der Waals surface area (Å²) in [7, 11) is 2.28. The summed E-state index contributed by atoms with van der Waals surface area (Å²) in [6.45, 7) is 11.5. The van der Waals surface area contributed by atoms with Gasteiger partial charge in [0.2, 0.25) is 0 Å². The van der Waals surface area contributed by atoms with E-state index in [0.29, 0.717) is 17.4 Å². The van der Waals surface area contributed by atoms with E-state index in [0.717, 1.165) is 25.0 Å². The van der Waals surface area contributed by atoms with E-state index in [4.69, 9.17) is 10.5 Å². The van der Waals surface area contributed by atoms with Crippen LogP contribution in [-0.2, 0) is 4.74 Å². The van der Waals surface area contributed by atoms with E-state index < -0.39 is 0 Å². The first-order valence-electron chi connectivity index (χ1n) is 8.43. The summed E-state index contributed by atoms with van der Waals surface area (Å²) in [5.41, 5.74) is 6.62. The van der Waals surface area contributed by atoms with Gasteiger partial charge in [-0.05, 0) is 55.9 Å². The maximum Gasteiger partial charge on any atom is 0.0506 e. The molecule has 0 aromatic heterocycles. The Kier molecular flexibility index (Phi) is 5.49. The molecule has 1 aliphatic carbocycles. The average Bonchev–Trinajstić information content (AvgIpc) is 2.41. The Morgan fingerprint density at radius 2 is 1.95 bits per heavy atom. The van der Waals surface area contributed by atoms with Gasteiger partial charge in [0.25, 0.3) is 0 Å². The van der Waals surface area contributed by atoms with Crippen molar-refractivity contribution in [3.05, 3.63) is 0 Å². The van der Waals surface area contributed by atoms with Gasteiger partial charge in [0.15, 0.2) is 0 Å². The lowest BCUT2D eigenvalue weighted by Gasteiger charge is -2.48. The highest BCUT2D eigenvalue weighted by atomic mass is 16.5. The van der Waals surface area contributed by atoms with Gasteiger partial charge < -0.3 is 15.4 Å². The van der Waals surface area contributed by atoms with Crippen LogP contribution in [0, 0.1) is 23.2 Å². The average molecular weight is 282 g/mol. The maximum atomic E-state index is 6.27. The Morgan fingerprint density at radius 1 is 1.20 bits per heavy atom. The van der Waals surface area contributed by atoms with Crippen LogP contribution in [0.2, 0.25) is 0 Å². The van der Waals surface area contributed by atoms with Crippen LogP contribution in [0.25, 0.3) is 0 Å². The maximum absolute atomic E-state index is 6.27. The number of rotatable bonds is 4. The van der Waals surface area contributed by atoms with Crippen molar-refractivity contribution < 1.29 is 4.74 Å². The zero-order valence-electron chi connectivity index (χ0n) is 13.9. The molecule has 2 fully saturated rings. The van der Waals surface area contributed by atoms with Crippen molar-refractivity contribution in [2.45, 2.75) is 52.5 Å². The van der Waals surface area contributed by atoms with Crippen molar-refractivity contribution in [2.75, 3.05) is 33.4 Å². The zero-order chi connectivity index (χ0) is 14.8. The van der Waals surface area contributed by atoms with Crippen molar-refractivity contribution in [1.29, 1.82) is 0 Å². The third-order valence-electron chi connectivity index (χ3n) is 6.07. The predicted molar refractivity (Wildman–Crippen MR) is 84.7 cm³/mol. The van der Waals surface area contributed by atoms with E-state index in [1.807, 2.05) is 0 Å². The fourth-order valence-corrected chi connectivity index (χ4v) is 4.11. The largest absolute Gasteiger partial charge is 0.381 e. The van der Waals surface area contributed by atoms with E-state index in [9.17, 15) is 0 Å². The monoisotopic (exact) mass is 282 g/mol. The van der Waals surface area contributed by atoms with Crippen LogP contribution in [0.15, 0.2) is 0 Å². The van der Waals surface area contributed by atoms with Gasteiger partial charge in [0.1, 0.15) is 0 Å². The Morgan fingerprint density at radius 3 is 2.60 bits per heavy atom. The molecule has 0 bridgehead atoms. The van der Waals surface area contributed by atoms with Crippen LogP contribution in [0.1, 0.15) is 46.5 Å². The molecule has 2 N–H and O–H groups in total.